The average molecular weight is 338 g/mol. The van der Waals surface area contributed by atoms with Crippen molar-refractivity contribution in [1.82, 2.24) is 0 Å². The zero-order chi connectivity index (χ0) is 18.7. The molecule has 2 aromatic carbocycles. The van der Waals surface area contributed by atoms with Crippen LogP contribution < -0.4 is 9.64 Å². The number of ether oxygens (including phenoxy) is 1. The minimum Gasteiger partial charge on any atom is -0.497 e. The Morgan fingerprint density at radius 1 is 1.04 bits per heavy atom. The summed E-state index contributed by atoms with van der Waals surface area (Å²) in [7, 11) is 3.81. The Balaban J connectivity index is 0.00000151. The maximum absolute atomic E-state index is 5.23. The maximum Gasteiger partial charge on any atom is 0.118 e. The van der Waals surface area contributed by atoms with Crippen LogP contribution in [0.3, 0.4) is 0 Å². The second kappa shape index (κ2) is 11.1. The molecule has 25 heavy (non-hydrogen) atoms. The highest BCUT2D eigenvalue weighted by Crippen LogP contribution is 2.27. The lowest BCUT2D eigenvalue weighted by Gasteiger charge is -2.22. The van der Waals surface area contributed by atoms with Crippen molar-refractivity contribution in [2.45, 2.75) is 34.1 Å². The first-order valence-electron chi connectivity index (χ1n) is 8.99. The lowest BCUT2D eigenvalue weighted by atomic mass is 10.0. The van der Waals surface area contributed by atoms with Gasteiger partial charge in [-0.15, -0.1) is 0 Å². The number of anilines is 1. The molecule has 0 radical (unpaired) electrons. The largest absolute Gasteiger partial charge is 0.497 e. The fourth-order valence-corrected chi connectivity index (χ4v) is 2.52. The predicted molar refractivity (Wildman–Crippen MR) is 111 cm³/mol. The molecule has 0 amide bonds. The van der Waals surface area contributed by atoms with Crippen LogP contribution in [0.1, 0.15) is 34.1 Å². The summed E-state index contributed by atoms with van der Waals surface area (Å²) in [6, 6.07) is 16.8. The SMILES string of the molecule is C/C=C\C=C(/CC)N(C)c1cccc(-c2ccc(OC)cc2)c1.CC. The topological polar surface area (TPSA) is 12.5 Å². The zero-order valence-electron chi connectivity index (χ0n) is 16.4. The van der Waals surface area contributed by atoms with Crippen molar-refractivity contribution in [2.75, 3.05) is 19.1 Å². The van der Waals surface area contributed by atoms with Crippen molar-refractivity contribution in [1.29, 1.82) is 0 Å². The Labute approximate surface area is 153 Å². The molecule has 0 aliphatic carbocycles. The minimum absolute atomic E-state index is 0.879. The minimum atomic E-state index is 0.879. The second-order valence-corrected chi connectivity index (χ2v) is 5.38. The number of allylic oxidation sites excluding steroid dienone is 4. The highest BCUT2D eigenvalue weighted by Gasteiger charge is 2.06. The van der Waals surface area contributed by atoms with Crippen molar-refractivity contribution in [2.24, 2.45) is 0 Å². The Morgan fingerprint density at radius 2 is 1.72 bits per heavy atom. The molecule has 2 heteroatoms. The molecule has 0 aromatic heterocycles. The van der Waals surface area contributed by atoms with E-state index in [4.69, 9.17) is 4.74 Å². The number of methoxy groups -OCH3 is 1. The lowest BCUT2D eigenvalue weighted by molar-refractivity contribution is 0.415. The van der Waals surface area contributed by atoms with Gasteiger partial charge in [-0.05, 0) is 54.8 Å². The molecule has 0 spiro atoms. The highest BCUT2D eigenvalue weighted by atomic mass is 16.5. The number of rotatable bonds is 6. The molecule has 0 aliphatic rings. The molecule has 0 bridgehead atoms. The Kier molecular flexibility index (Phi) is 9.16. The molecular formula is C23H31NO. The van der Waals surface area contributed by atoms with Gasteiger partial charge in [-0.3, -0.25) is 0 Å². The summed E-state index contributed by atoms with van der Waals surface area (Å²) in [5, 5.41) is 0. The molecule has 0 saturated heterocycles. The predicted octanol–water partition coefficient (Wildman–Crippen LogP) is 6.69. The third-order valence-corrected chi connectivity index (χ3v) is 3.93. The van der Waals surface area contributed by atoms with Gasteiger partial charge in [0.15, 0.2) is 0 Å². The highest BCUT2D eigenvalue weighted by molar-refractivity contribution is 5.70. The first-order valence-corrected chi connectivity index (χ1v) is 8.99. The molecule has 0 aliphatic heterocycles. The number of hydrogen-bond acceptors (Lipinski definition) is 2. The zero-order valence-corrected chi connectivity index (χ0v) is 16.4. The number of nitrogens with zero attached hydrogens (tertiary/aromatic N) is 1. The van der Waals surface area contributed by atoms with Gasteiger partial charge in [0.05, 0.1) is 7.11 Å². The van der Waals surface area contributed by atoms with Crippen LogP contribution in [0.25, 0.3) is 11.1 Å². The van der Waals surface area contributed by atoms with Gasteiger partial charge in [-0.2, -0.15) is 0 Å². The normalized spacial score (nSPS) is 11.0. The third-order valence-electron chi connectivity index (χ3n) is 3.93. The van der Waals surface area contributed by atoms with E-state index in [9.17, 15) is 0 Å². The molecule has 0 fully saturated rings. The van der Waals surface area contributed by atoms with Crippen molar-refractivity contribution < 1.29 is 4.74 Å². The van der Waals surface area contributed by atoms with E-state index in [0.29, 0.717) is 0 Å². The lowest BCUT2D eigenvalue weighted by Crippen LogP contribution is -2.15. The van der Waals surface area contributed by atoms with E-state index in [-0.39, 0.29) is 0 Å². The van der Waals surface area contributed by atoms with Gasteiger partial charge in [-0.25, -0.2) is 0 Å². The molecule has 0 saturated carbocycles. The van der Waals surface area contributed by atoms with E-state index >= 15 is 0 Å². The smallest absolute Gasteiger partial charge is 0.118 e. The van der Waals surface area contributed by atoms with E-state index in [1.807, 2.05) is 32.9 Å². The van der Waals surface area contributed by atoms with Gasteiger partial charge in [0.1, 0.15) is 5.75 Å². The van der Waals surface area contributed by atoms with E-state index in [1.54, 1.807) is 7.11 Å². The van der Waals surface area contributed by atoms with Crippen molar-refractivity contribution in [3.63, 3.8) is 0 Å². The van der Waals surface area contributed by atoms with E-state index in [1.165, 1.54) is 22.5 Å². The van der Waals surface area contributed by atoms with Gasteiger partial charge in [0, 0.05) is 18.4 Å². The summed E-state index contributed by atoms with van der Waals surface area (Å²) < 4.78 is 5.23. The molecule has 0 N–H and O–H groups in total. The van der Waals surface area contributed by atoms with Crippen molar-refractivity contribution >= 4 is 5.69 Å². The Morgan fingerprint density at radius 3 is 2.28 bits per heavy atom. The monoisotopic (exact) mass is 337 g/mol. The van der Waals surface area contributed by atoms with Crippen LogP contribution in [0, 0.1) is 0 Å². The number of benzene rings is 2. The van der Waals surface area contributed by atoms with Crippen LogP contribution in [0.4, 0.5) is 5.69 Å². The van der Waals surface area contributed by atoms with Gasteiger partial charge >= 0.3 is 0 Å². The van der Waals surface area contributed by atoms with Crippen molar-refractivity contribution in [3.8, 4) is 16.9 Å². The third kappa shape index (κ3) is 5.82. The van der Waals surface area contributed by atoms with E-state index < -0.39 is 0 Å². The van der Waals surface area contributed by atoms with Crippen LogP contribution in [0.2, 0.25) is 0 Å². The molecule has 2 nitrogen and oxygen atoms in total. The first kappa shape index (κ1) is 20.6. The van der Waals surface area contributed by atoms with E-state index in [2.05, 4.69) is 73.5 Å². The molecule has 0 unspecified atom stereocenters. The fourth-order valence-electron chi connectivity index (χ4n) is 2.52. The van der Waals surface area contributed by atoms with Gasteiger partial charge in [-0.1, -0.05) is 57.2 Å². The summed E-state index contributed by atoms with van der Waals surface area (Å²) >= 11 is 0. The van der Waals surface area contributed by atoms with Gasteiger partial charge in [0.25, 0.3) is 0 Å². The Bertz CT molecular complexity index is 683. The van der Waals surface area contributed by atoms with Crippen molar-refractivity contribution in [3.05, 3.63) is 72.5 Å². The number of hydrogen-bond donors (Lipinski definition) is 0. The quantitative estimate of drug-likeness (QED) is 0.544. The van der Waals surface area contributed by atoms with E-state index in [0.717, 1.165) is 12.2 Å². The molecule has 0 heterocycles. The van der Waals surface area contributed by atoms with Crippen LogP contribution in [0.15, 0.2) is 72.5 Å². The van der Waals surface area contributed by atoms with Crippen LogP contribution in [-0.2, 0) is 0 Å². The van der Waals surface area contributed by atoms with Gasteiger partial charge < -0.3 is 9.64 Å². The fraction of sp³-hybridized carbons (Fsp3) is 0.304. The summed E-state index contributed by atoms with van der Waals surface area (Å²) in [6.07, 6.45) is 7.30. The molecule has 0 atom stereocenters. The van der Waals surface area contributed by atoms with Crippen LogP contribution in [0.5, 0.6) is 5.75 Å². The second-order valence-electron chi connectivity index (χ2n) is 5.38. The van der Waals surface area contributed by atoms with Gasteiger partial charge in [0.2, 0.25) is 0 Å². The van der Waals surface area contributed by atoms with Crippen LogP contribution in [-0.4, -0.2) is 14.2 Å². The summed E-state index contributed by atoms with van der Waals surface area (Å²) in [6.45, 7) is 8.22. The summed E-state index contributed by atoms with van der Waals surface area (Å²) in [4.78, 5) is 2.24. The molecule has 2 rings (SSSR count). The van der Waals surface area contributed by atoms with Crippen LogP contribution >= 0.6 is 0 Å². The molecule has 2 aromatic rings. The summed E-state index contributed by atoms with van der Waals surface area (Å²) in [5.41, 5.74) is 4.88. The first-order chi connectivity index (χ1) is 12.2. The molecule has 134 valence electrons. The average Bonchev–Trinajstić information content (AvgIpc) is 2.70. The maximum atomic E-state index is 5.23. The summed E-state index contributed by atoms with van der Waals surface area (Å²) in [5.74, 6) is 0.879. The standard InChI is InChI=1S/C21H25NO.C2H6/c1-5-7-10-19(6-2)22(3)20-11-8-9-18(16-20)17-12-14-21(23-4)15-13-17;1-2/h5,7-16H,6H2,1-4H3;1-2H3/b7-5-,19-10+;. The molecular weight excluding hydrogens is 306 g/mol. The Hall–Kier alpha value is -2.48.